The van der Waals surface area contributed by atoms with E-state index in [9.17, 15) is 0 Å². The van der Waals surface area contributed by atoms with Crippen LogP contribution in [0.2, 0.25) is 0 Å². The van der Waals surface area contributed by atoms with Crippen LogP contribution in [0.1, 0.15) is 23.1 Å². The topological polar surface area (TPSA) is 63.8 Å². The lowest BCUT2D eigenvalue weighted by atomic mass is 10.0. The number of aromatic nitrogens is 2. The van der Waals surface area contributed by atoms with Gasteiger partial charge in [0, 0.05) is 6.20 Å². The first-order chi connectivity index (χ1) is 8.29. The Kier molecular flexibility index (Phi) is 3.80. The van der Waals surface area contributed by atoms with Gasteiger partial charge >= 0.3 is 0 Å². The minimum atomic E-state index is 0.0131. The molecule has 0 aliphatic heterocycles. The van der Waals surface area contributed by atoms with Gasteiger partial charge < -0.3 is 0 Å². The Morgan fingerprint density at radius 1 is 1.24 bits per heavy atom. The number of rotatable bonds is 4. The first-order valence-corrected chi connectivity index (χ1v) is 5.59. The zero-order valence-corrected chi connectivity index (χ0v) is 9.80. The quantitative estimate of drug-likeness (QED) is 0.615. The molecule has 1 aromatic carbocycles. The van der Waals surface area contributed by atoms with Crippen molar-refractivity contribution >= 4 is 0 Å². The van der Waals surface area contributed by atoms with E-state index in [2.05, 4.69) is 27.5 Å². The highest BCUT2D eigenvalue weighted by Crippen LogP contribution is 2.15. The number of nitrogens with two attached hydrogens (primary N) is 1. The van der Waals surface area contributed by atoms with E-state index in [1.165, 1.54) is 5.56 Å². The molecule has 2 aromatic rings. The van der Waals surface area contributed by atoms with E-state index in [4.69, 9.17) is 5.84 Å². The van der Waals surface area contributed by atoms with Crippen LogP contribution in [0.3, 0.4) is 0 Å². The van der Waals surface area contributed by atoms with Crippen LogP contribution in [0.5, 0.6) is 0 Å². The van der Waals surface area contributed by atoms with E-state index in [1.807, 2.05) is 31.2 Å². The highest BCUT2D eigenvalue weighted by Gasteiger charge is 2.11. The number of aryl methyl sites for hydroxylation is 1. The van der Waals surface area contributed by atoms with Gasteiger partial charge in [0.15, 0.2) is 0 Å². The SMILES string of the molecule is Cc1nccc(C(Cc2ccccc2)NN)n1. The van der Waals surface area contributed by atoms with E-state index in [0.717, 1.165) is 17.9 Å². The van der Waals surface area contributed by atoms with Crippen molar-refractivity contribution in [3.05, 3.63) is 59.7 Å². The summed E-state index contributed by atoms with van der Waals surface area (Å²) < 4.78 is 0. The van der Waals surface area contributed by atoms with E-state index in [0.29, 0.717) is 0 Å². The van der Waals surface area contributed by atoms with Crippen LogP contribution < -0.4 is 11.3 Å². The summed E-state index contributed by atoms with van der Waals surface area (Å²) in [5.74, 6) is 6.35. The van der Waals surface area contributed by atoms with E-state index in [-0.39, 0.29) is 6.04 Å². The summed E-state index contributed by atoms with van der Waals surface area (Å²) in [6, 6.07) is 12.1. The smallest absolute Gasteiger partial charge is 0.125 e. The summed E-state index contributed by atoms with van der Waals surface area (Å²) in [4.78, 5) is 8.47. The summed E-state index contributed by atoms with van der Waals surface area (Å²) in [7, 11) is 0. The lowest BCUT2D eigenvalue weighted by Gasteiger charge is -2.15. The summed E-state index contributed by atoms with van der Waals surface area (Å²) in [5.41, 5.74) is 4.95. The Hall–Kier alpha value is -1.78. The van der Waals surface area contributed by atoms with Gasteiger partial charge in [-0.05, 0) is 25.0 Å². The van der Waals surface area contributed by atoms with Crippen molar-refractivity contribution < 1.29 is 0 Å². The van der Waals surface area contributed by atoms with Gasteiger partial charge in [0.2, 0.25) is 0 Å². The Morgan fingerprint density at radius 3 is 2.65 bits per heavy atom. The minimum Gasteiger partial charge on any atom is -0.271 e. The monoisotopic (exact) mass is 228 g/mol. The molecular formula is C13H16N4. The van der Waals surface area contributed by atoms with Crippen molar-refractivity contribution in [2.75, 3.05) is 0 Å². The molecule has 0 saturated carbocycles. The molecule has 1 atom stereocenters. The Bertz CT molecular complexity index is 470. The van der Waals surface area contributed by atoms with Crippen LogP contribution >= 0.6 is 0 Å². The third-order valence-corrected chi connectivity index (χ3v) is 2.64. The average molecular weight is 228 g/mol. The maximum Gasteiger partial charge on any atom is 0.125 e. The average Bonchev–Trinajstić information content (AvgIpc) is 2.37. The predicted octanol–water partition coefficient (Wildman–Crippen LogP) is 1.53. The van der Waals surface area contributed by atoms with Gasteiger partial charge in [-0.1, -0.05) is 30.3 Å². The molecule has 0 aliphatic rings. The molecule has 0 aliphatic carbocycles. The molecule has 0 spiro atoms. The second kappa shape index (κ2) is 5.52. The minimum absolute atomic E-state index is 0.0131. The summed E-state index contributed by atoms with van der Waals surface area (Å²) in [5, 5.41) is 0. The van der Waals surface area contributed by atoms with E-state index in [1.54, 1.807) is 6.20 Å². The van der Waals surface area contributed by atoms with E-state index >= 15 is 0 Å². The fourth-order valence-corrected chi connectivity index (χ4v) is 1.77. The molecule has 0 fully saturated rings. The highest BCUT2D eigenvalue weighted by molar-refractivity contribution is 5.19. The van der Waals surface area contributed by atoms with E-state index < -0.39 is 0 Å². The van der Waals surface area contributed by atoms with Gasteiger partial charge in [0.25, 0.3) is 0 Å². The van der Waals surface area contributed by atoms with Gasteiger partial charge in [-0.15, -0.1) is 0 Å². The molecule has 17 heavy (non-hydrogen) atoms. The second-order valence-electron chi connectivity index (χ2n) is 3.94. The highest BCUT2D eigenvalue weighted by atomic mass is 15.2. The first-order valence-electron chi connectivity index (χ1n) is 5.59. The fraction of sp³-hybridized carbons (Fsp3) is 0.231. The maximum atomic E-state index is 5.59. The van der Waals surface area contributed by atoms with Crippen LogP contribution in [0.4, 0.5) is 0 Å². The third kappa shape index (κ3) is 3.09. The van der Waals surface area contributed by atoms with Crippen molar-refractivity contribution in [1.82, 2.24) is 15.4 Å². The van der Waals surface area contributed by atoms with Crippen molar-refractivity contribution in [3.63, 3.8) is 0 Å². The number of nitrogens with one attached hydrogen (secondary N) is 1. The van der Waals surface area contributed by atoms with Gasteiger partial charge in [-0.2, -0.15) is 0 Å². The zero-order valence-electron chi connectivity index (χ0n) is 9.80. The number of benzene rings is 1. The van der Waals surface area contributed by atoms with Gasteiger partial charge in [0.1, 0.15) is 5.82 Å². The van der Waals surface area contributed by atoms with Crippen LogP contribution in [0, 0.1) is 6.92 Å². The Labute approximate surface area is 101 Å². The standard InChI is InChI=1S/C13H16N4/c1-10-15-8-7-12(16-10)13(17-14)9-11-5-3-2-4-6-11/h2-8,13,17H,9,14H2,1H3. The van der Waals surface area contributed by atoms with Gasteiger partial charge in [0.05, 0.1) is 11.7 Å². The fourth-order valence-electron chi connectivity index (χ4n) is 1.77. The van der Waals surface area contributed by atoms with Crippen molar-refractivity contribution in [1.29, 1.82) is 0 Å². The second-order valence-corrected chi connectivity index (χ2v) is 3.94. The first kappa shape index (κ1) is 11.7. The van der Waals surface area contributed by atoms with Crippen molar-refractivity contribution in [3.8, 4) is 0 Å². The van der Waals surface area contributed by atoms with Crippen LogP contribution in [0.15, 0.2) is 42.6 Å². The van der Waals surface area contributed by atoms with Gasteiger partial charge in [-0.3, -0.25) is 11.3 Å². The molecule has 4 heteroatoms. The molecule has 2 rings (SSSR count). The van der Waals surface area contributed by atoms with Gasteiger partial charge in [-0.25, -0.2) is 9.97 Å². The summed E-state index contributed by atoms with van der Waals surface area (Å²) in [6.07, 6.45) is 2.57. The lowest BCUT2D eigenvalue weighted by Crippen LogP contribution is -2.30. The molecule has 0 bridgehead atoms. The van der Waals surface area contributed by atoms with Crippen LogP contribution in [0.25, 0.3) is 0 Å². The Balaban J connectivity index is 2.17. The molecule has 0 radical (unpaired) electrons. The van der Waals surface area contributed by atoms with Crippen LogP contribution in [-0.4, -0.2) is 9.97 Å². The number of hydrogen-bond acceptors (Lipinski definition) is 4. The molecule has 3 N–H and O–H groups in total. The normalized spacial score (nSPS) is 12.4. The lowest BCUT2D eigenvalue weighted by molar-refractivity contribution is 0.535. The molecule has 1 unspecified atom stereocenters. The summed E-state index contributed by atoms with van der Waals surface area (Å²) in [6.45, 7) is 1.87. The summed E-state index contributed by atoms with van der Waals surface area (Å²) >= 11 is 0. The molecule has 4 nitrogen and oxygen atoms in total. The molecule has 88 valence electrons. The molecule has 0 amide bonds. The Morgan fingerprint density at radius 2 is 2.00 bits per heavy atom. The largest absolute Gasteiger partial charge is 0.271 e. The third-order valence-electron chi connectivity index (χ3n) is 2.64. The molecular weight excluding hydrogens is 212 g/mol. The maximum absolute atomic E-state index is 5.59. The number of hydrazine groups is 1. The molecule has 1 heterocycles. The van der Waals surface area contributed by atoms with Crippen LogP contribution in [-0.2, 0) is 6.42 Å². The van der Waals surface area contributed by atoms with Crippen molar-refractivity contribution in [2.24, 2.45) is 5.84 Å². The number of nitrogens with zero attached hydrogens (tertiary/aromatic N) is 2. The molecule has 0 saturated heterocycles. The molecule has 1 aromatic heterocycles. The van der Waals surface area contributed by atoms with Crippen molar-refractivity contribution in [2.45, 2.75) is 19.4 Å². The predicted molar refractivity (Wildman–Crippen MR) is 67.0 cm³/mol. The zero-order chi connectivity index (χ0) is 12.1. The number of hydrogen-bond donors (Lipinski definition) is 2.